The minimum absolute atomic E-state index is 0.000387. The second-order valence-corrected chi connectivity index (χ2v) is 7.42. The van der Waals surface area contributed by atoms with Crippen LogP contribution in [0.3, 0.4) is 0 Å². The Balaban J connectivity index is 1.67. The molecule has 6 nitrogen and oxygen atoms in total. The fourth-order valence-electron chi connectivity index (χ4n) is 3.05. The number of esters is 1. The number of hydrogen-bond acceptors (Lipinski definition) is 7. The summed E-state index contributed by atoms with van der Waals surface area (Å²) >= 11 is 1.50. The number of rotatable bonds is 7. The maximum Gasteiger partial charge on any atom is 0.314 e. The molecule has 1 aliphatic carbocycles. The van der Waals surface area contributed by atoms with Crippen LogP contribution in [0.2, 0.25) is 0 Å². The van der Waals surface area contributed by atoms with E-state index in [1.165, 1.54) is 17.8 Å². The van der Waals surface area contributed by atoms with Crippen LogP contribution < -0.4 is 14.9 Å². The highest BCUT2D eigenvalue weighted by atomic mass is 32.1. The highest BCUT2D eigenvalue weighted by molar-refractivity contribution is 7.13. The van der Waals surface area contributed by atoms with Crippen molar-refractivity contribution in [1.82, 2.24) is 4.98 Å². The van der Waals surface area contributed by atoms with Crippen molar-refractivity contribution in [2.75, 3.05) is 12.0 Å². The van der Waals surface area contributed by atoms with E-state index in [4.69, 9.17) is 9.47 Å². The molecule has 0 amide bonds. The molecule has 1 N–H and O–H groups in total. The number of nitrogens with one attached hydrogen (secondary N) is 1. The minimum atomic E-state index is -0.155. The third-order valence-corrected chi connectivity index (χ3v) is 5.27. The number of aryl methyl sites for hydroxylation is 1. The van der Waals surface area contributed by atoms with Crippen LogP contribution in [0, 0.1) is 12.8 Å². The number of nitrogens with zero attached hydrogens (tertiary/aromatic N) is 2. The number of anilines is 1. The van der Waals surface area contributed by atoms with Crippen molar-refractivity contribution in [3.05, 3.63) is 34.8 Å². The molecule has 0 aliphatic heterocycles. The molecule has 144 valence electrons. The number of hydrazone groups is 1. The first-order valence-corrected chi connectivity index (χ1v) is 10.2. The molecule has 0 atom stereocenters. The second-order valence-electron chi connectivity index (χ2n) is 6.56. The zero-order chi connectivity index (χ0) is 19.1. The van der Waals surface area contributed by atoms with Gasteiger partial charge in [-0.3, -0.25) is 10.2 Å². The highest BCUT2D eigenvalue weighted by Gasteiger charge is 2.24. The van der Waals surface area contributed by atoms with Crippen molar-refractivity contribution < 1.29 is 14.3 Å². The summed E-state index contributed by atoms with van der Waals surface area (Å²) in [6.45, 7) is 4.33. The Labute approximate surface area is 163 Å². The van der Waals surface area contributed by atoms with Gasteiger partial charge < -0.3 is 9.47 Å². The first-order chi connectivity index (χ1) is 13.2. The zero-order valence-electron chi connectivity index (χ0n) is 15.7. The Kier molecular flexibility index (Phi) is 6.81. The molecule has 1 fully saturated rings. The monoisotopic (exact) mass is 387 g/mol. The van der Waals surface area contributed by atoms with E-state index >= 15 is 0 Å². The van der Waals surface area contributed by atoms with Gasteiger partial charge in [0.05, 0.1) is 24.4 Å². The summed E-state index contributed by atoms with van der Waals surface area (Å²) in [6.07, 6.45) is 6.91. The lowest BCUT2D eigenvalue weighted by Crippen LogP contribution is -2.23. The van der Waals surface area contributed by atoms with Crippen molar-refractivity contribution >= 4 is 28.7 Å². The van der Waals surface area contributed by atoms with Gasteiger partial charge in [0.1, 0.15) is 0 Å². The predicted octanol–water partition coefficient (Wildman–Crippen LogP) is 4.78. The lowest BCUT2D eigenvalue weighted by molar-refractivity contribution is -0.140. The van der Waals surface area contributed by atoms with Crippen LogP contribution in [-0.4, -0.2) is 23.8 Å². The molecule has 0 unspecified atom stereocenters. The van der Waals surface area contributed by atoms with Crippen molar-refractivity contribution in [2.45, 2.75) is 46.0 Å². The quantitative estimate of drug-likeness (QED) is 0.320. The van der Waals surface area contributed by atoms with Crippen LogP contribution in [0.15, 0.2) is 28.7 Å². The average molecular weight is 388 g/mol. The van der Waals surface area contributed by atoms with Gasteiger partial charge in [-0.2, -0.15) is 5.10 Å². The Morgan fingerprint density at radius 2 is 2.15 bits per heavy atom. The van der Waals surface area contributed by atoms with E-state index in [-0.39, 0.29) is 11.9 Å². The Morgan fingerprint density at radius 1 is 1.33 bits per heavy atom. The van der Waals surface area contributed by atoms with Crippen LogP contribution in [-0.2, 0) is 4.79 Å². The topological polar surface area (TPSA) is 72.8 Å². The highest BCUT2D eigenvalue weighted by Crippen LogP contribution is 2.31. The van der Waals surface area contributed by atoms with Crippen LogP contribution in [0.1, 0.15) is 50.3 Å². The van der Waals surface area contributed by atoms with Crippen LogP contribution in [0.25, 0.3) is 0 Å². The van der Waals surface area contributed by atoms with E-state index in [9.17, 15) is 4.79 Å². The summed E-state index contributed by atoms with van der Waals surface area (Å²) < 4.78 is 11.3. The summed E-state index contributed by atoms with van der Waals surface area (Å²) in [5.41, 5.74) is 4.71. The Bertz CT molecular complexity index is 798. The average Bonchev–Trinajstić information content (AvgIpc) is 3.10. The van der Waals surface area contributed by atoms with Gasteiger partial charge in [0.2, 0.25) is 5.13 Å². The zero-order valence-corrected chi connectivity index (χ0v) is 16.6. The molecule has 1 saturated carbocycles. The summed E-state index contributed by atoms with van der Waals surface area (Å²) in [6, 6.07) is 5.44. The molecule has 1 heterocycles. The van der Waals surface area contributed by atoms with Gasteiger partial charge in [-0.1, -0.05) is 19.3 Å². The van der Waals surface area contributed by atoms with E-state index in [0.29, 0.717) is 18.1 Å². The fourth-order valence-corrected chi connectivity index (χ4v) is 3.69. The maximum atomic E-state index is 12.4. The van der Waals surface area contributed by atoms with Gasteiger partial charge in [-0.05, 0) is 50.5 Å². The molecule has 1 aromatic heterocycles. The van der Waals surface area contributed by atoms with E-state index in [2.05, 4.69) is 15.5 Å². The molecule has 7 heteroatoms. The van der Waals surface area contributed by atoms with E-state index in [1.54, 1.807) is 12.3 Å². The van der Waals surface area contributed by atoms with Crippen molar-refractivity contribution in [1.29, 1.82) is 0 Å². The number of thiazole rings is 1. The molecule has 1 aliphatic rings. The van der Waals surface area contributed by atoms with E-state index in [0.717, 1.165) is 42.1 Å². The number of aromatic nitrogens is 1. The largest absolute Gasteiger partial charge is 0.490 e. The molecule has 0 spiro atoms. The number of benzene rings is 1. The van der Waals surface area contributed by atoms with Gasteiger partial charge in [0.15, 0.2) is 11.5 Å². The Hall–Kier alpha value is -2.41. The first-order valence-electron chi connectivity index (χ1n) is 9.35. The van der Waals surface area contributed by atoms with E-state index in [1.807, 2.05) is 31.4 Å². The second kappa shape index (κ2) is 9.50. The fraction of sp³-hybridized carbons (Fsp3) is 0.450. The SMILES string of the molecule is CCOc1cc(C=NNc2nc(C)cs2)ccc1OC(=O)C1CCCCC1. The molecule has 0 radical (unpaired) electrons. The van der Waals surface area contributed by atoms with Gasteiger partial charge in [-0.25, -0.2) is 4.98 Å². The van der Waals surface area contributed by atoms with E-state index < -0.39 is 0 Å². The predicted molar refractivity (Wildman–Crippen MR) is 108 cm³/mol. The van der Waals surface area contributed by atoms with Gasteiger partial charge in [-0.15, -0.1) is 11.3 Å². The number of ether oxygens (including phenoxy) is 2. The molecule has 2 aromatic rings. The summed E-state index contributed by atoms with van der Waals surface area (Å²) in [4.78, 5) is 16.7. The van der Waals surface area contributed by atoms with Crippen molar-refractivity contribution in [3.63, 3.8) is 0 Å². The third-order valence-electron chi connectivity index (χ3n) is 4.41. The summed E-state index contributed by atoms with van der Waals surface area (Å²) in [7, 11) is 0. The summed E-state index contributed by atoms with van der Waals surface area (Å²) in [5, 5.41) is 6.90. The van der Waals surface area contributed by atoms with Gasteiger partial charge >= 0.3 is 5.97 Å². The number of hydrogen-bond donors (Lipinski definition) is 1. The van der Waals surface area contributed by atoms with Crippen LogP contribution >= 0.6 is 11.3 Å². The van der Waals surface area contributed by atoms with Gasteiger partial charge in [0.25, 0.3) is 0 Å². The van der Waals surface area contributed by atoms with Crippen LogP contribution in [0.4, 0.5) is 5.13 Å². The molecular weight excluding hydrogens is 362 g/mol. The van der Waals surface area contributed by atoms with Crippen molar-refractivity contribution in [3.8, 4) is 11.5 Å². The van der Waals surface area contributed by atoms with Gasteiger partial charge in [0, 0.05) is 5.38 Å². The normalized spacial score (nSPS) is 15.0. The lowest BCUT2D eigenvalue weighted by atomic mass is 9.89. The first kappa shape index (κ1) is 19.4. The third kappa shape index (κ3) is 5.53. The Morgan fingerprint density at radius 3 is 2.85 bits per heavy atom. The smallest absolute Gasteiger partial charge is 0.314 e. The molecular formula is C20H25N3O3S. The lowest BCUT2D eigenvalue weighted by Gasteiger charge is -2.20. The molecule has 0 saturated heterocycles. The summed E-state index contributed by atoms with van der Waals surface area (Å²) in [5.74, 6) is 0.863. The standard InChI is InChI=1S/C20H25N3O3S/c1-3-25-18-11-15(12-21-23-20-22-14(2)13-27-20)9-10-17(18)26-19(24)16-7-5-4-6-8-16/h9-13,16H,3-8H2,1-2H3,(H,22,23). The molecule has 3 rings (SSSR count). The maximum absolute atomic E-state index is 12.4. The van der Waals surface area contributed by atoms with Crippen LogP contribution in [0.5, 0.6) is 11.5 Å². The molecule has 0 bridgehead atoms. The van der Waals surface area contributed by atoms with Crippen molar-refractivity contribution in [2.24, 2.45) is 11.0 Å². The minimum Gasteiger partial charge on any atom is -0.490 e. The number of carbonyl (C=O) groups is 1. The number of carbonyl (C=O) groups excluding carboxylic acids is 1. The molecule has 27 heavy (non-hydrogen) atoms. The molecule has 1 aromatic carbocycles.